The molecule has 0 spiro atoms. The molecule has 12 nitrogen and oxygen atoms in total. The average Bonchev–Trinajstić information content (AvgIpc) is 3.07. The molecular formula is C37H58N2O10. The van der Waals surface area contributed by atoms with Gasteiger partial charge in [0.15, 0.2) is 0 Å². The van der Waals surface area contributed by atoms with Gasteiger partial charge in [0, 0.05) is 37.6 Å². The van der Waals surface area contributed by atoms with Gasteiger partial charge in [0.2, 0.25) is 11.8 Å². The Labute approximate surface area is 290 Å². The third-order valence-corrected chi connectivity index (χ3v) is 8.63. The molecule has 1 aromatic carbocycles. The Kier molecular flexibility index (Phi) is 22.8. The molecule has 0 aliphatic heterocycles. The van der Waals surface area contributed by atoms with Gasteiger partial charge in [-0.2, -0.15) is 0 Å². The standard InChI is InChI=1S/C37H58N2O10/c1-2-3-4-5-6-7-8-9-10-11-12-16-19-31(40)38-30(20-21-35(47)49-28-29-17-14-13-15-18-29)36(48)39-37(25-22-32(41)42,26-23-33(43)44)27-24-34(45)46/h13-15,17-18,30H,2-12,16,19-28H2,1H3,(H,38,40)(H,39,48)(H,41,42)(H,43,44)(H,45,46). The first-order valence-electron chi connectivity index (χ1n) is 17.9. The molecule has 0 aromatic heterocycles. The van der Waals surface area contributed by atoms with E-state index in [1.807, 2.05) is 6.07 Å². The van der Waals surface area contributed by atoms with Gasteiger partial charge in [-0.3, -0.25) is 28.8 Å². The van der Waals surface area contributed by atoms with Gasteiger partial charge in [-0.15, -0.1) is 0 Å². The predicted octanol–water partition coefficient (Wildman–Crippen LogP) is 6.54. The van der Waals surface area contributed by atoms with E-state index in [2.05, 4.69) is 17.6 Å². The molecule has 1 atom stereocenters. The van der Waals surface area contributed by atoms with Gasteiger partial charge in [-0.25, -0.2) is 0 Å². The number of carbonyl (C=O) groups is 6. The summed E-state index contributed by atoms with van der Waals surface area (Å²) >= 11 is 0. The van der Waals surface area contributed by atoms with Crippen molar-refractivity contribution in [3.05, 3.63) is 35.9 Å². The van der Waals surface area contributed by atoms with Crippen molar-refractivity contribution in [2.75, 3.05) is 0 Å². The highest BCUT2D eigenvalue weighted by Crippen LogP contribution is 2.27. The van der Waals surface area contributed by atoms with Crippen LogP contribution in [0.4, 0.5) is 0 Å². The molecule has 0 aliphatic rings. The molecule has 276 valence electrons. The minimum Gasteiger partial charge on any atom is -0.481 e. The number of unbranched alkanes of at least 4 members (excludes halogenated alkanes) is 11. The Hall–Kier alpha value is -3.96. The summed E-state index contributed by atoms with van der Waals surface area (Å²) in [6.07, 6.45) is 11.5. The fourth-order valence-electron chi connectivity index (χ4n) is 5.68. The van der Waals surface area contributed by atoms with E-state index in [-0.39, 0.29) is 45.1 Å². The summed E-state index contributed by atoms with van der Waals surface area (Å²) in [5, 5.41) is 33.4. The van der Waals surface area contributed by atoms with Crippen LogP contribution < -0.4 is 10.6 Å². The van der Waals surface area contributed by atoms with E-state index in [0.717, 1.165) is 31.2 Å². The van der Waals surface area contributed by atoms with Gasteiger partial charge in [0.25, 0.3) is 0 Å². The van der Waals surface area contributed by atoms with E-state index in [0.29, 0.717) is 6.42 Å². The Balaban J connectivity index is 2.86. The molecule has 1 rings (SSSR count). The van der Waals surface area contributed by atoms with Crippen LogP contribution in [0.3, 0.4) is 0 Å². The number of nitrogens with one attached hydrogen (secondary N) is 2. The van der Waals surface area contributed by atoms with Gasteiger partial charge in [-0.05, 0) is 37.7 Å². The minimum atomic E-state index is -1.47. The first-order valence-corrected chi connectivity index (χ1v) is 17.9. The maximum Gasteiger partial charge on any atom is 0.306 e. The number of rotatable bonds is 30. The molecule has 1 aromatic rings. The van der Waals surface area contributed by atoms with Crippen LogP contribution in [0.2, 0.25) is 0 Å². The van der Waals surface area contributed by atoms with Gasteiger partial charge in [-0.1, -0.05) is 108 Å². The van der Waals surface area contributed by atoms with Crippen LogP contribution in [0, 0.1) is 0 Å². The number of hydrogen-bond acceptors (Lipinski definition) is 7. The highest BCUT2D eigenvalue weighted by atomic mass is 16.5. The Morgan fingerprint density at radius 3 is 1.59 bits per heavy atom. The van der Waals surface area contributed by atoms with Crippen molar-refractivity contribution in [2.45, 2.75) is 160 Å². The van der Waals surface area contributed by atoms with Crippen molar-refractivity contribution in [3.63, 3.8) is 0 Å². The highest BCUT2D eigenvalue weighted by Gasteiger charge is 2.36. The summed E-state index contributed by atoms with van der Waals surface area (Å²) < 4.78 is 5.33. The fourth-order valence-corrected chi connectivity index (χ4v) is 5.68. The van der Waals surface area contributed by atoms with Gasteiger partial charge in [0.1, 0.15) is 12.6 Å². The summed E-state index contributed by atoms with van der Waals surface area (Å²) in [6, 6.07) is 7.82. The molecular weight excluding hydrogens is 632 g/mol. The summed E-state index contributed by atoms with van der Waals surface area (Å²) in [5.74, 6) is -5.32. The molecule has 0 aliphatic carbocycles. The lowest BCUT2D eigenvalue weighted by atomic mass is 9.83. The lowest BCUT2D eigenvalue weighted by molar-refractivity contribution is -0.146. The van der Waals surface area contributed by atoms with Crippen LogP contribution in [-0.2, 0) is 40.1 Å². The SMILES string of the molecule is CCCCCCCCCCCCCCC(=O)NC(CCC(=O)OCc1ccccc1)C(=O)NC(CCC(=O)O)(CCC(=O)O)CCC(=O)O. The molecule has 0 radical (unpaired) electrons. The molecule has 1 unspecified atom stereocenters. The normalized spacial score (nSPS) is 11.8. The van der Waals surface area contributed by atoms with Crippen molar-refractivity contribution < 1.29 is 48.8 Å². The highest BCUT2D eigenvalue weighted by molar-refractivity contribution is 5.88. The van der Waals surface area contributed by atoms with Crippen LogP contribution in [0.5, 0.6) is 0 Å². The quantitative estimate of drug-likeness (QED) is 0.0437. The summed E-state index contributed by atoms with van der Waals surface area (Å²) in [5.41, 5.74) is -0.695. The van der Waals surface area contributed by atoms with Crippen molar-refractivity contribution in [3.8, 4) is 0 Å². The smallest absolute Gasteiger partial charge is 0.306 e. The fraction of sp³-hybridized carbons (Fsp3) is 0.676. The van der Waals surface area contributed by atoms with E-state index in [4.69, 9.17) is 4.74 Å². The Morgan fingerprint density at radius 1 is 0.653 bits per heavy atom. The number of hydrogen-bond donors (Lipinski definition) is 5. The minimum absolute atomic E-state index is 0.0323. The Bertz CT molecular complexity index is 1100. The van der Waals surface area contributed by atoms with Crippen LogP contribution in [0.15, 0.2) is 30.3 Å². The molecule has 0 fully saturated rings. The molecule has 12 heteroatoms. The number of carboxylic acids is 3. The van der Waals surface area contributed by atoms with Crippen molar-refractivity contribution in [1.29, 1.82) is 0 Å². The van der Waals surface area contributed by atoms with E-state index >= 15 is 0 Å². The average molecular weight is 691 g/mol. The molecule has 0 saturated carbocycles. The topological polar surface area (TPSA) is 196 Å². The van der Waals surface area contributed by atoms with Crippen LogP contribution in [0.1, 0.15) is 147 Å². The summed E-state index contributed by atoms with van der Waals surface area (Å²) in [4.78, 5) is 73.5. The second-order valence-electron chi connectivity index (χ2n) is 12.9. The van der Waals surface area contributed by atoms with Crippen molar-refractivity contribution >= 4 is 35.7 Å². The number of amides is 2. The van der Waals surface area contributed by atoms with Crippen LogP contribution in [0.25, 0.3) is 0 Å². The molecule has 49 heavy (non-hydrogen) atoms. The molecule has 5 N–H and O–H groups in total. The number of carboxylic acid groups (broad SMARTS) is 3. The first kappa shape index (κ1) is 43.1. The van der Waals surface area contributed by atoms with Gasteiger partial charge in [0.05, 0.1) is 0 Å². The number of benzene rings is 1. The maximum absolute atomic E-state index is 13.7. The second kappa shape index (κ2) is 26.0. The number of carbonyl (C=O) groups excluding carboxylic acids is 3. The van der Waals surface area contributed by atoms with Crippen molar-refractivity contribution in [1.82, 2.24) is 10.6 Å². The second-order valence-corrected chi connectivity index (χ2v) is 12.9. The molecule has 0 bridgehead atoms. The number of esters is 1. The van der Waals surface area contributed by atoms with E-state index in [1.54, 1.807) is 24.3 Å². The van der Waals surface area contributed by atoms with Crippen LogP contribution >= 0.6 is 0 Å². The zero-order chi connectivity index (χ0) is 36.3. The van der Waals surface area contributed by atoms with Gasteiger partial charge < -0.3 is 30.7 Å². The maximum atomic E-state index is 13.7. The third-order valence-electron chi connectivity index (χ3n) is 8.63. The summed E-state index contributed by atoms with van der Waals surface area (Å²) in [7, 11) is 0. The largest absolute Gasteiger partial charge is 0.481 e. The number of aliphatic carboxylic acids is 3. The molecule has 2 amide bonds. The van der Waals surface area contributed by atoms with Gasteiger partial charge >= 0.3 is 23.9 Å². The Morgan fingerprint density at radius 2 is 1.12 bits per heavy atom. The molecule has 0 heterocycles. The van der Waals surface area contributed by atoms with E-state index in [1.165, 1.54) is 44.9 Å². The van der Waals surface area contributed by atoms with E-state index in [9.17, 15) is 44.1 Å². The molecule has 0 saturated heterocycles. The zero-order valence-electron chi connectivity index (χ0n) is 29.2. The van der Waals surface area contributed by atoms with Crippen molar-refractivity contribution in [2.24, 2.45) is 0 Å². The zero-order valence-corrected chi connectivity index (χ0v) is 29.2. The number of ether oxygens (including phenoxy) is 1. The predicted molar refractivity (Wildman–Crippen MR) is 185 cm³/mol. The summed E-state index contributed by atoms with van der Waals surface area (Å²) in [6.45, 7) is 2.24. The first-order chi connectivity index (χ1) is 23.5. The monoisotopic (exact) mass is 690 g/mol. The lowest BCUT2D eigenvalue weighted by Crippen LogP contribution is -2.56. The van der Waals surface area contributed by atoms with E-state index < -0.39 is 66.5 Å². The third kappa shape index (κ3) is 22.3. The van der Waals surface area contributed by atoms with Crippen LogP contribution in [-0.4, -0.2) is 62.6 Å². The lowest BCUT2D eigenvalue weighted by Gasteiger charge is -2.36.